The lowest BCUT2D eigenvalue weighted by Crippen LogP contribution is -2.39. The van der Waals surface area contributed by atoms with Gasteiger partial charge >= 0.3 is 5.69 Å². The summed E-state index contributed by atoms with van der Waals surface area (Å²) in [6.07, 6.45) is 3.18. The zero-order valence-electron chi connectivity index (χ0n) is 16.5. The van der Waals surface area contributed by atoms with E-state index in [4.69, 9.17) is 10.3 Å². The summed E-state index contributed by atoms with van der Waals surface area (Å²) < 4.78 is 6.42. The molecule has 4 aromatic rings. The van der Waals surface area contributed by atoms with E-state index in [0.717, 1.165) is 10.5 Å². The van der Waals surface area contributed by atoms with Gasteiger partial charge in [-0.15, -0.1) is 0 Å². The first-order valence-electron chi connectivity index (χ1n) is 9.27. The number of nitrogens with two attached hydrogens (primary N) is 1. The highest BCUT2D eigenvalue weighted by atomic mass is 16.5. The molecule has 10 nitrogen and oxygen atoms in total. The molecule has 3 aromatic heterocycles. The number of pyridine rings is 1. The van der Waals surface area contributed by atoms with Crippen LogP contribution in [0.3, 0.4) is 0 Å². The number of amides is 1. The van der Waals surface area contributed by atoms with Crippen LogP contribution in [0.4, 0.5) is 11.5 Å². The highest BCUT2D eigenvalue weighted by molar-refractivity contribution is 6.05. The summed E-state index contributed by atoms with van der Waals surface area (Å²) in [4.78, 5) is 45.0. The van der Waals surface area contributed by atoms with Gasteiger partial charge in [0.25, 0.3) is 11.5 Å². The van der Waals surface area contributed by atoms with Crippen molar-refractivity contribution >= 4 is 17.4 Å². The third-order valence-electron chi connectivity index (χ3n) is 4.71. The maximum Gasteiger partial charge on any atom is 0.330 e. The highest BCUT2D eigenvalue weighted by Crippen LogP contribution is 2.22. The lowest BCUT2D eigenvalue weighted by Gasteiger charge is -2.19. The quantitative estimate of drug-likeness (QED) is 0.500. The fourth-order valence-corrected chi connectivity index (χ4v) is 3.12. The van der Waals surface area contributed by atoms with Gasteiger partial charge < -0.3 is 15.2 Å². The molecule has 0 spiro atoms. The van der Waals surface area contributed by atoms with Crippen LogP contribution >= 0.6 is 0 Å². The molecule has 1 amide bonds. The number of carbonyl (C=O) groups excluding carboxylic acids is 1. The maximum atomic E-state index is 12.9. The summed E-state index contributed by atoms with van der Waals surface area (Å²) in [7, 11) is 1.37. The first-order chi connectivity index (χ1) is 15.0. The molecule has 0 aliphatic rings. The SMILES string of the molecule is CN(C(=O)c1cc(-c2cccnc2)on1)c1c(N)n(Cc2ccccc2)c(=O)[nH]c1=O. The topological polar surface area (TPSA) is 140 Å². The Hall–Kier alpha value is -4.47. The number of nitrogens with zero attached hydrogens (tertiary/aromatic N) is 4. The smallest absolute Gasteiger partial charge is 0.330 e. The minimum absolute atomic E-state index is 0.0269. The van der Waals surface area contributed by atoms with Crippen molar-refractivity contribution in [2.75, 3.05) is 17.7 Å². The number of aromatic nitrogens is 4. The predicted molar refractivity (Wildman–Crippen MR) is 114 cm³/mol. The molecule has 0 bridgehead atoms. The fourth-order valence-electron chi connectivity index (χ4n) is 3.12. The maximum absolute atomic E-state index is 12.9. The van der Waals surface area contributed by atoms with E-state index in [2.05, 4.69) is 15.1 Å². The Bertz CT molecular complexity index is 1340. The van der Waals surface area contributed by atoms with Gasteiger partial charge in [-0.05, 0) is 17.7 Å². The third kappa shape index (κ3) is 3.86. The van der Waals surface area contributed by atoms with Crippen molar-refractivity contribution in [2.24, 2.45) is 0 Å². The van der Waals surface area contributed by atoms with Crippen molar-refractivity contribution in [3.05, 3.63) is 93.0 Å². The van der Waals surface area contributed by atoms with E-state index in [-0.39, 0.29) is 23.7 Å². The summed E-state index contributed by atoms with van der Waals surface area (Å²) in [6.45, 7) is 0.131. The predicted octanol–water partition coefficient (Wildman–Crippen LogP) is 1.49. The van der Waals surface area contributed by atoms with Crippen LogP contribution in [0.5, 0.6) is 0 Å². The normalized spacial score (nSPS) is 10.7. The van der Waals surface area contributed by atoms with E-state index in [1.807, 2.05) is 30.3 Å². The number of rotatable bonds is 5. The Kier molecular flexibility index (Phi) is 5.19. The molecule has 10 heteroatoms. The lowest BCUT2D eigenvalue weighted by atomic mass is 10.2. The minimum Gasteiger partial charge on any atom is -0.383 e. The van der Waals surface area contributed by atoms with Gasteiger partial charge in [-0.1, -0.05) is 35.5 Å². The Labute approximate surface area is 175 Å². The first kappa shape index (κ1) is 19.8. The molecule has 3 heterocycles. The molecule has 0 aliphatic carbocycles. The summed E-state index contributed by atoms with van der Waals surface area (Å²) in [5.41, 5.74) is 5.96. The Morgan fingerprint density at radius 1 is 1.19 bits per heavy atom. The van der Waals surface area contributed by atoms with Crippen molar-refractivity contribution in [2.45, 2.75) is 6.54 Å². The molecule has 156 valence electrons. The third-order valence-corrected chi connectivity index (χ3v) is 4.71. The second-order valence-electron chi connectivity index (χ2n) is 6.75. The Morgan fingerprint density at radius 2 is 1.97 bits per heavy atom. The lowest BCUT2D eigenvalue weighted by molar-refractivity contribution is 0.0984. The van der Waals surface area contributed by atoms with Crippen LogP contribution < -0.4 is 21.9 Å². The Balaban J connectivity index is 1.68. The van der Waals surface area contributed by atoms with Gasteiger partial charge in [-0.2, -0.15) is 0 Å². The molecule has 0 fully saturated rings. The second kappa shape index (κ2) is 8.11. The number of anilines is 2. The van der Waals surface area contributed by atoms with Crippen LogP contribution in [0.2, 0.25) is 0 Å². The number of aromatic amines is 1. The van der Waals surface area contributed by atoms with Crippen LogP contribution in [-0.4, -0.2) is 32.6 Å². The molecule has 1 aromatic carbocycles. The van der Waals surface area contributed by atoms with Gasteiger partial charge in [0.1, 0.15) is 5.82 Å². The van der Waals surface area contributed by atoms with Gasteiger partial charge in [0.15, 0.2) is 17.1 Å². The number of hydrogen-bond donors (Lipinski definition) is 2. The van der Waals surface area contributed by atoms with E-state index < -0.39 is 17.2 Å². The fraction of sp³-hybridized carbons (Fsp3) is 0.0952. The van der Waals surface area contributed by atoms with Gasteiger partial charge in [-0.25, -0.2) is 4.79 Å². The molecule has 0 radical (unpaired) electrons. The van der Waals surface area contributed by atoms with Crippen molar-refractivity contribution in [3.8, 4) is 11.3 Å². The molecule has 4 rings (SSSR count). The number of hydrogen-bond acceptors (Lipinski definition) is 7. The molecule has 0 saturated heterocycles. The second-order valence-corrected chi connectivity index (χ2v) is 6.75. The minimum atomic E-state index is -0.779. The molecule has 31 heavy (non-hydrogen) atoms. The average Bonchev–Trinajstić information content (AvgIpc) is 3.27. The average molecular weight is 418 g/mol. The van der Waals surface area contributed by atoms with Crippen LogP contribution in [-0.2, 0) is 6.54 Å². The Morgan fingerprint density at radius 3 is 2.68 bits per heavy atom. The van der Waals surface area contributed by atoms with E-state index in [1.165, 1.54) is 17.7 Å². The standard InChI is InChI=1S/C21H18N6O4/c1-26(20(29)15-10-16(31-25-15)14-8-5-9-23-11-14)17-18(22)27(21(30)24-19(17)28)12-13-6-3-2-4-7-13/h2-11H,12,22H2,1H3,(H,24,28,30). The van der Waals surface area contributed by atoms with Crippen LogP contribution in [0, 0.1) is 0 Å². The van der Waals surface area contributed by atoms with Crippen molar-refractivity contribution in [1.29, 1.82) is 0 Å². The molecule has 3 N–H and O–H groups in total. The van der Waals surface area contributed by atoms with Crippen LogP contribution in [0.1, 0.15) is 16.1 Å². The molecular formula is C21H18N6O4. The number of nitrogen functional groups attached to an aromatic ring is 1. The zero-order chi connectivity index (χ0) is 22.0. The highest BCUT2D eigenvalue weighted by Gasteiger charge is 2.24. The first-order valence-corrected chi connectivity index (χ1v) is 9.27. The van der Waals surface area contributed by atoms with Crippen molar-refractivity contribution in [1.82, 2.24) is 19.7 Å². The van der Waals surface area contributed by atoms with Gasteiger partial charge in [0.2, 0.25) is 0 Å². The zero-order valence-corrected chi connectivity index (χ0v) is 16.5. The molecular weight excluding hydrogens is 400 g/mol. The monoisotopic (exact) mass is 418 g/mol. The summed E-state index contributed by atoms with van der Waals surface area (Å²) in [5.74, 6) is -0.411. The van der Waals surface area contributed by atoms with Gasteiger partial charge in [-0.3, -0.25) is 24.1 Å². The molecule has 0 unspecified atom stereocenters. The van der Waals surface area contributed by atoms with E-state index in [0.29, 0.717) is 11.3 Å². The largest absolute Gasteiger partial charge is 0.383 e. The van der Waals surface area contributed by atoms with Crippen molar-refractivity contribution in [3.63, 3.8) is 0 Å². The van der Waals surface area contributed by atoms with Gasteiger partial charge in [0, 0.05) is 31.1 Å². The molecule has 0 aliphatic heterocycles. The van der Waals surface area contributed by atoms with Crippen molar-refractivity contribution < 1.29 is 9.32 Å². The number of H-pyrrole nitrogens is 1. The summed E-state index contributed by atoms with van der Waals surface area (Å²) in [5, 5.41) is 3.79. The summed E-state index contributed by atoms with van der Waals surface area (Å²) >= 11 is 0. The summed E-state index contributed by atoms with van der Waals surface area (Å²) in [6, 6.07) is 14.1. The molecule has 0 saturated carbocycles. The van der Waals surface area contributed by atoms with Gasteiger partial charge in [0.05, 0.1) is 6.54 Å². The number of nitrogens with one attached hydrogen (secondary N) is 1. The van der Waals surface area contributed by atoms with E-state index in [1.54, 1.807) is 24.5 Å². The number of carbonyl (C=O) groups is 1. The number of benzene rings is 1. The molecule has 0 atom stereocenters. The van der Waals surface area contributed by atoms with E-state index >= 15 is 0 Å². The van der Waals surface area contributed by atoms with E-state index in [9.17, 15) is 14.4 Å². The van der Waals surface area contributed by atoms with Crippen LogP contribution in [0.15, 0.2) is 75.0 Å². The van der Waals surface area contributed by atoms with Crippen LogP contribution in [0.25, 0.3) is 11.3 Å².